The van der Waals surface area contributed by atoms with Crippen molar-refractivity contribution in [2.24, 2.45) is 4.99 Å². The first-order valence-electron chi connectivity index (χ1n) is 5.28. The molecule has 0 atom stereocenters. The summed E-state index contributed by atoms with van der Waals surface area (Å²) in [6.45, 7) is 0.738. The fourth-order valence-electron chi connectivity index (χ4n) is 1.69. The van der Waals surface area contributed by atoms with Gasteiger partial charge in [-0.2, -0.15) is 0 Å². The highest BCUT2D eigenvalue weighted by Crippen LogP contribution is 2.14. The Bertz CT molecular complexity index is 465. The number of nitrogens with zero attached hydrogens (tertiary/aromatic N) is 1. The van der Waals surface area contributed by atoms with E-state index in [0.29, 0.717) is 0 Å². The van der Waals surface area contributed by atoms with Gasteiger partial charge in [-0.05, 0) is 17.5 Å². The minimum Gasteiger partial charge on any atom is -0.359 e. The third kappa shape index (κ3) is 2.16. The smallest absolute Gasteiger partial charge is 0.191 e. The van der Waals surface area contributed by atoms with Crippen molar-refractivity contribution in [3.05, 3.63) is 36.0 Å². The predicted molar refractivity (Wildman–Crippen MR) is 67.6 cm³/mol. The second-order valence-corrected chi connectivity index (χ2v) is 3.56. The normalized spacial score (nSPS) is 11.8. The molecule has 0 bridgehead atoms. The number of aromatic amines is 1. The van der Waals surface area contributed by atoms with Crippen LogP contribution in [0.5, 0.6) is 0 Å². The van der Waals surface area contributed by atoms with Crippen LogP contribution in [-0.2, 0) is 6.54 Å². The van der Waals surface area contributed by atoms with Crippen molar-refractivity contribution in [1.82, 2.24) is 15.6 Å². The van der Waals surface area contributed by atoms with Crippen LogP contribution in [-0.4, -0.2) is 25.0 Å². The van der Waals surface area contributed by atoms with E-state index in [2.05, 4.69) is 38.8 Å². The fourth-order valence-corrected chi connectivity index (χ4v) is 1.69. The van der Waals surface area contributed by atoms with E-state index in [0.717, 1.165) is 18.2 Å². The molecule has 16 heavy (non-hydrogen) atoms. The van der Waals surface area contributed by atoms with E-state index in [1.807, 2.05) is 19.2 Å². The van der Waals surface area contributed by atoms with Gasteiger partial charge in [0.15, 0.2) is 5.96 Å². The summed E-state index contributed by atoms with van der Waals surface area (Å²) in [5.41, 5.74) is 2.32. The first-order valence-corrected chi connectivity index (χ1v) is 5.28. The average Bonchev–Trinajstić information content (AvgIpc) is 2.73. The lowest BCUT2D eigenvalue weighted by molar-refractivity contribution is 0.847. The molecule has 0 aliphatic rings. The number of rotatable bonds is 2. The van der Waals surface area contributed by atoms with Crippen LogP contribution < -0.4 is 10.6 Å². The Labute approximate surface area is 94.8 Å². The van der Waals surface area contributed by atoms with Crippen molar-refractivity contribution >= 4 is 16.9 Å². The van der Waals surface area contributed by atoms with Crippen molar-refractivity contribution in [2.75, 3.05) is 14.1 Å². The van der Waals surface area contributed by atoms with Crippen molar-refractivity contribution in [2.45, 2.75) is 6.54 Å². The molecule has 0 spiro atoms. The number of aromatic nitrogens is 1. The summed E-state index contributed by atoms with van der Waals surface area (Å²) in [4.78, 5) is 7.41. The zero-order chi connectivity index (χ0) is 11.4. The van der Waals surface area contributed by atoms with Crippen molar-refractivity contribution in [1.29, 1.82) is 0 Å². The van der Waals surface area contributed by atoms with Crippen molar-refractivity contribution in [3.8, 4) is 0 Å². The van der Waals surface area contributed by atoms with Crippen molar-refractivity contribution in [3.63, 3.8) is 0 Å². The van der Waals surface area contributed by atoms with Crippen LogP contribution in [0.4, 0.5) is 0 Å². The average molecular weight is 216 g/mol. The van der Waals surface area contributed by atoms with Crippen LogP contribution in [0.2, 0.25) is 0 Å². The molecule has 0 radical (unpaired) electrons. The minimum absolute atomic E-state index is 0.738. The number of aliphatic imine (C=N–C) groups is 1. The van der Waals surface area contributed by atoms with E-state index in [-0.39, 0.29) is 0 Å². The largest absolute Gasteiger partial charge is 0.359 e. The van der Waals surface area contributed by atoms with Gasteiger partial charge < -0.3 is 15.6 Å². The molecule has 1 heterocycles. The molecule has 0 saturated carbocycles. The van der Waals surface area contributed by atoms with Gasteiger partial charge in [-0.25, -0.2) is 0 Å². The SMILES string of the molecule is CN=C(NC)NCc1cc2ccccc2[nH]1. The molecule has 0 amide bonds. The van der Waals surface area contributed by atoms with Crippen LogP contribution in [0.15, 0.2) is 35.3 Å². The topological polar surface area (TPSA) is 52.2 Å². The fraction of sp³-hybridized carbons (Fsp3) is 0.250. The quantitative estimate of drug-likeness (QED) is 0.526. The van der Waals surface area contributed by atoms with Gasteiger partial charge in [0.2, 0.25) is 0 Å². The monoisotopic (exact) mass is 216 g/mol. The molecule has 0 unspecified atom stereocenters. The summed E-state index contributed by atoms with van der Waals surface area (Å²) in [6.07, 6.45) is 0. The summed E-state index contributed by atoms with van der Waals surface area (Å²) >= 11 is 0. The molecule has 1 aromatic heterocycles. The van der Waals surface area contributed by atoms with E-state index in [1.165, 1.54) is 10.9 Å². The van der Waals surface area contributed by atoms with E-state index in [9.17, 15) is 0 Å². The van der Waals surface area contributed by atoms with Crippen LogP contribution in [0.25, 0.3) is 10.9 Å². The van der Waals surface area contributed by atoms with Crippen LogP contribution in [0, 0.1) is 0 Å². The minimum atomic E-state index is 0.738. The van der Waals surface area contributed by atoms with Gasteiger partial charge in [0.1, 0.15) is 0 Å². The molecule has 4 heteroatoms. The second kappa shape index (κ2) is 4.70. The standard InChI is InChI=1S/C12H16N4/c1-13-12(14-2)15-8-10-7-9-5-3-4-6-11(9)16-10/h3-7,16H,8H2,1-2H3,(H2,13,14,15). The molecule has 84 valence electrons. The maximum atomic E-state index is 4.06. The molecular weight excluding hydrogens is 200 g/mol. The lowest BCUT2D eigenvalue weighted by Crippen LogP contribution is -2.34. The number of nitrogens with one attached hydrogen (secondary N) is 3. The highest BCUT2D eigenvalue weighted by molar-refractivity contribution is 5.81. The summed E-state index contributed by atoms with van der Waals surface area (Å²) in [5.74, 6) is 0.790. The number of para-hydroxylation sites is 1. The highest BCUT2D eigenvalue weighted by Gasteiger charge is 2.00. The van der Waals surface area contributed by atoms with Gasteiger partial charge in [0, 0.05) is 25.3 Å². The molecule has 0 fully saturated rings. The second-order valence-electron chi connectivity index (χ2n) is 3.56. The van der Waals surface area contributed by atoms with Gasteiger partial charge >= 0.3 is 0 Å². The van der Waals surface area contributed by atoms with Crippen molar-refractivity contribution < 1.29 is 0 Å². The molecular formula is C12H16N4. The third-order valence-corrected chi connectivity index (χ3v) is 2.49. The zero-order valence-electron chi connectivity index (χ0n) is 9.54. The third-order valence-electron chi connectivity index (χ3n) is 2.49. The first kappa shape index (κ1) is 10.5. The van der Waals surface area contributed by atoms with E-state index in [4.69, 9.17) is 0 Å². The van der Waals surface area contributed by atoms with Crippen LogP contribution in [0.3, 0.4) is 0 Å². The molecule has 2 aromatic rings. The highest BCUT2D eigenvalue weighted by atomic mass is 15.2. The predicted octanol–water partition coefficient (Wildman–Crippen LogP) is 1.46. The van der Waals surface area contributed by atoms with E-state index < -0.39 is 0 Å². The first-order chi connectivity index (χ1) is 7.83. The summed E-state index contributed by atoms with van der Waals surface area (Å²) in [5, 5.41) is 7.42. The molecule has 0 saturated heterocycles. The Hall–Kier alpha value is -1.97. The number of hydrogen-bond acceptors (Lipinski definition) is 1. The Morgan fingerprint density at radius 2 is 2.19 bits per heavy atom. The van der Waals surface area contributed by atoms with Gasteiger partial charge in [-0.3, -0.25) is 4.99 Å². The Morgan fingerprint density at radius 1 is 1.38 bits per heavy atom. The lowest BCUT2D eigenvalue weighted by Gasteiger charge is -2.06. The van der Waals surface area contributed by atoms with E-state index >= 15 is 0 Å². The molecule has 4 nitrogen and oxygen atoms in total. The number of H-pyrrole nitrogens is 1. The number of fused-ring (bicyclic) bond motifs is 1. The molecule has 3 N–H and O–H groups in total. The Balaban J connectivity index is 2.10. The van der Waals surface area contributed by atoms with Crippen LogP contribution >= 0.6 is 0 Å². The Kier molecular flexibility index (Phi) is 3.10. The number of guanidine groups is 1. The van der Waals surface area contributed by atoms with Gasteiger partial charge in [0.05, 0.1) is 6.54 Å². The van der Waals surface area contributed by atoms with Gasteiger partial charge in [-0.1, -0.05) is 18.2 Å². The summed E-state index contributed by atoms with van der Waals surface area (Å²) < 4.78 is 0. The van der Waals surface area contributed by atoms with Crippen LogP contribution in [0.1, 0.15) is 5.69 Å². The number of hydrogen-bond donors (Lipinski definition) is 3. The lowest BCUT2D eigenvalue weighted by atomic mass is 10.2. The van der Waals surface area contributed by atoms with Gasteiger partial charge in [0.25, 0.3) is 0 Å². The number of benzene rings is 1. The zero-order valence-corrected chi connectivity index (χ0v) is 9.54. The molecule has 2 rings (SSSR count). The maximum absolute atomic E-state index is 4.06. The maximum Gasteiger partial charge on any atom is 0.191 e. The molecule has 0 aliphatic carbocycles. The summed E-state index contributed by atoms with van der Waals surface area (Å²) in [6, 6.07) is 10.4. The van der Waals surface area contributed by atoms with Gasteiger partial charge in [-0.15, -0.1) is 0 Å². The molecule has 1 aromatic carbocycles. The molecule has 0 aliphatic heterocycles. The van der Waals surface area contributed by atoms with E-state index in [1.54, 1.807) is 7.05 Å². The Morgan fingerprint density at radius 3 is 2.88 bits per heavy atom. The summed E-state index contributed by atoms with van der Waals surface area (Å²) in [7, 11) is 3.60.